The molecule has 1 aliphatic heterocycles. The third kappa shape index (κ3) is 4.51. The van der Waals surface area contributed by atoms with Gasteiger partial charge in [-0.15, -0.1) is 0 Å². The summed E-state index contributed by atoms with van der Waals surface area (Å²) >= 11 is 0. The number of aryl methyl sites for hydroxylation is 1. The van der Waals surface area contributed by atoms with Crippen LogP contribution in [0.3, 0.4) is 0 Å². The normalized spacial score (nSPS) is 24.3. The van der Waals surface area contributed by atoms with Gasteiger partial charge in [-0.05, 0) is 80.9 Å². The highest BCUT2D eigenvalue weighted by Crippen LogP contribution is 2.47. The van der Waals surface area contributed by atoms with Gasteiger partial charge < -0.3 is 9.47 Å². The summed E-state index contributed by atoms with van der Waals surface area (Å²) in [5.41, 5.74) is 1.84. The Hall–Kier alpha value is -3.94. The second-order valence-electron chi connectivity index (χ2n) is 9.63. The van der Waals surface area contributed by atoms with E-state index in [4.69, 9.17) is 9.47 Å². The minimum Gasteiger partial charge on any atom is -0.490 e. The van der Waals surface area contributed by atoms with Crippen molar-refractivity contribution in [2.24, 2.45) is 11.8 Å². The fraction of sp³-hybridized carbons (Fsp3) is 0.357. The molecule has 2 aromatic rings. The average molecular weight is 489 g/mol. The molecular weight excluding hydrogens is 460 g/mol. The van der Waals surface area contributed by atoms with Crippen molar-refractivity contribution < 1.29 is 28.7 Å². The molecule has 1 heterocycles. The molecule has 3 atom stereocenters. The monoisotopic (exact) mass is 488 g/mol. The minimum absolute atomic E-state index is 0.107. The smallest absolute Gasteiger partial charge is 0.343 e. The van der Waals surface area contributed by atoms with Crippen LogP contribution in [-0.4, -0.2) is 41.4 Å². The van der Waals surface area contributed by atoms with Crippen LogP contribution >= 0.6 is 0 Å². The molecule has 0 spiro atoms. The number of urea groups is 1. The quantitative estimate of drug-likeness (QED) is 0.282. The van der Waals surface area contributed by atoms with Gasteiger partial charge in [0.05, 0.1) is 12.2 Å². The SMILES string of the molecule is CCOc1cc(C=C2C(=O)NC(=O)N(C3CC4CCC3C4)C2=O)ccc1OC(=O)c1ccc(C)cc1. The Kier molecular flexibility index (Phi) is 6.35. The maximum Gasteiger partial charge on any atom is 0.343 e. The fourth-order valence-corrected chi connectivity index (χ4v) is 5.48. The Labute approximate surface area is 209 Å². The number of fused-ring (bicyclic) bond motifs is 2. The molecule has 4 amide bonds. The molecular formula is C28H28N2O6. The molecule has 2 saturated carbocycles. The van der Waals surface area contributed by atoms with Gasteiger partial charge in [-0.3, -0.25) is 19.8 Å². The minimum atomic E-state index is -0.725. The van der Waals surface area contributed by atoms with Crippen molar-refractivity contribution in [3.05, 3.63) is 64.7 Å². The first-order valence-corrected chi connectivity index (χ1v) is 12.3. The number of hydrogen-bond acceptors (Lipinski definition) is 6. The van der Waals surface area contributed by atoms with Crippen LogP contribution < -0.4 is 14.8 Å². The van der Waals surface area contributed by atoms with Crippen LogP contribution in [0.2, 0.25) is 0 Å². The summed E-state index contributed by atoms with van der Waals surface area (Å²) in [6.07, 6.45) is 5.39. The number of esters is 1. The maximum absolute atomic E-state index is 13.3. The van der Waals surface area contributed by atoms with Gasteiger partial charge in [-0.25, -0.2) is 9.59 Å². The molecule has 1 saturated heterocycles. The van der Waals surface area contributed by atoms with Gasteiger partial charge in [0.15, 0.2) is 11.5 Å². The summed E-state index contributed by atoms with van der Waals surface area (Å²) in [6, 6.07) is 11.0. The van der Waals surface area contributed by atoms with Crippen LogP contribution in [0.25, 0.3) is 6.08 Å². The van der Waals surface area contributed by atoms with E-state index in [2.05, 4.69) is 5.32 Å². The number of hydrogen-bond donors (Lipinski definition) is 1. The number of nitrogens with zero attached hydrogens (tertiary/aromatic N) is 1. The van der Waals surface area contributed by atoms with Crippen LogP contribution in [0, 0.1) is 18.8 Å². The van der Waals surface area contributed by atoms with Crippen LogP contribution in [0.4, 0.5) is 4.79 Å². The molecule has 2 aromatic carbocycles. The maximum atomic E-state index is 13.3. The number of carbonyl (C=O) groups is 4. The number of rotatable bonds is 6. The molecule has 8 nitrogen and oxygen atoms in total. The molecule has 5 rings (SSSR count). The third-order valence-corrected chi connectivity index (χ3v) is 7.23. The van der Waals surface area contributed by atoms with E-state index in [1.807, 2.05) is 19.1 Å². The summed E-state index contributed by atoms with van der Waals surface area (Å²) in [4.78, 5) is 52.3. The van der Waals surface area contributed by atoms with Gasteiger partial charge in [0.2, 0.25) is 0 Å². The van der Waals surface area contributed by atoms with Crippen molar-refractivity contribution >= 4 is 29.9 Å². The summed E-state index contributed by atoms with van der Waals surface area (Å²) < 4.78 is 11.2. The fourth-order valence-electron chi connectivity index (χ4n) is 5.48. The van der Waals surface area contributed by atoms with Gasteiger partial charge in [0, 0.05) is 6.04 Å². The summed E-state index contributed by atoms with van der Waals surface area (Å²) in [7, 11) is 0. The molecule has 2 aliphatic carbocycles. The van der Waals surface area contributed by atoms with E-state index in [1.54, 1.807) is 37.3 Å². The van der Waals surface area contributed by atoms with E-state index in [1.165, 1.54) is 11.0 Å². The Morgan fingerprint density at radius 2 is 1.83 bits per heavy atom. The molecule has 36 heavy (non-hydrogen) atoms. The molecule has 8 heteroatoms. The molecule has 2 bridgehead atoms. The van der Waals surface area contributed by atoms with Crippen molar-refractivity contribution in [2.75, 3.05) is 6.61 Å². The second-order valence-corrected chi connectivity index (χ2v) is 9.63. The number of benzene rings is 2. The highest BCUT2D eigenvalue weighted by Gasteiger charge is 2.49. The van der Waals surface area contributed by atoms with Crippen molar-refractivity contribution in [1.82, 2.24) is 10.2 Å². The van der Waals surface area contributed by atoms with Crippen molar-refractivity contribution in [1.29, 1.82) is 0 Å². The molecule has 0 radical (unpaired) electrons. The molecule has 3 aliphatic rings. The van der Waals surface area contributed by atoms with Crippen molar-refractivity contribution in [3.63, 3.8) is 0 Å². The molecule has 3 fully saturated rings. The van der Waals surface area contributed by atoms with Gasteiger partial charge in [0.1, 0.15) is 5.57 Å². The zero-order chi connectivity index (χ0) is 25.4. The van der Waals surface area contributed by atoms with E-state index in [-0.39, 0.29) is 17.4 Å². The number of ether oxygens (including phenoxy) is 2. The highest BCUT2D eigenvalue weighted by atomic mass is 16.6. The molecule has 1 N–H and O–H groups in total. The Morgan fingerprint density at radius 3 is 2.50 bits per heavy atom. The predicted octanol–water partition coefficient (Wildman–Crippen LogP) is 4.26. The number of nitrogens with one attached hydrogen (secondary N) is 1. The Bertz CT molecular complexity index is 1270. The summed E-state index contributed by atoms with van der Waals surface area (Å²) in [6.45, 7) is 4.05. The number of imide groups is 2. The summed E-state index contributed by atoms with van der Waals surface area (Å²) in [5, 5.41) is 2.32. The largest absolute Gasteiger partial charge is 0.490 e. The van der Waals surface area contributed by atoms with Gasteiger partial charge in [-0.2, -0.15) is 0 Å². The van der Waals surface area contributed by atoms with E-state index in [0.717, 1.165) is 31.2 Å². The third-order valence-electron chi connectivity index (χ3n) is 7.23. The van der Waals surface area contributed by atoms with Crippen LogP contribution in [0.1, 0.15) is 54.1 Å². The lowest BCUT2D eigenvalue weighted by atomic mass is 9.93. The molecule has 0 aromatic heterocycles. The van der Waals surface area contributed by atoms with Crippen LogP contribution in [-0.2, 0) is 9.59 Å². The Balaban J connectivity index is 1.40. The lowest BCUT2D eigenvalue weighted by molar-refractivity contribution is -0.132. The zero-order valence-electron chi connectivity index (χ0n) is 20.3. The van der Waals surface area contributed by atoms with Gasteiger partial charge >= 0.3 is 12.0 Å². The first kappa shape index (κ1) is 23.8. The van der Waals surface area contributed by atoms with Crippen LogP contribution in [0.5, 0.6) is 11.5 Å². The van der Waals surface area contributed by atoms with Gasteiger partial charge in [0.25, 0.3) is 11.8 Å². The van der Waals surface area contributed by atoms with Crippen molar-refractivity contribution in [3.8, 4) is 11.5 Å². The topological polar surface area (TPSA) is 102 Å². The number of barbiturate groups is 1. The predicted molar refractivity (Wildman–Crippen MR) is 131 cm³/mol. The average Bonchev–Trinajstić information content (AvgIpc) is 3.47. The van der Waals surface area contributed by atoms with Crippen molar-refractivity contribution in [2.45, 2.75) is 45.6 Å². The molecule has 186 valence electrons. The first-order chi connectivity index (χ1) is 17.3. The van der Waals surface area contributed by atoms with E-state index in [9.17, 15) is 19.2 Å². The number of amides is 4. The standard InChI is InChI=1S/C28H28N2O6/c1-3-35-24-15-18(7-11-23(24)36-27(33)19-8-4-16(2)5-9-19)13-21-25(31)29-28(34)30(26(21)32)22-14-17-6-10-20(22)12-17/h4-5,7-9,11,13,15,17,20,22H,3,6,10,12,14H2,1-2H3,(H,29,31,34). The zero-order valence-corrected chi connectivity index (χ0v) is 20.3. The van der Waals surface area contributed by atoms with Crippen LogP contribution in [0.15, 0.2) is 48.0 Å². The second kappa shape index (κ2) is 9.60. The Morgan fingerprint density at radius 1 is 1.06 bits per heavy atom. The summed E-state index contributed by atoms with van der Waals surface area (Å²) in [5.74, 6) is -0.462. The first-order valence-electron chi connectivity index (χ1n) is 12.3. The number of carbonyl (C=O) groups excluding carboxylic acids is 4. The lowest BCUT2D eigenvalue weighted by Crippen LogP contribution is -2.58. The van der Waals surface area contributed by atoms with E-state index >= 15 is 0 Å². The lowest BCUT2D eigenvalue weighted by Gasteiger charge is -2.35. The van der Waals surface area contributed by atoms with E-state index in [0.29, 0.717) is 35.3 Å². The molecule has 3 unspecified atom stereocenters. The van der Waals surface area contributed by atoms with Gasteiger partial charge in [-0.1, -0.05) is 30.2 Å². The van der Waals surface area contributed by atoms with E-state index < -0.39 is 23.8 Å². The highest BCUT2D eigenvalue weighted by molar-refractivity contribution is 6.31.